The van der Waals surface area contributed by atoms with Crippen LogP contribution in [0.3, 0.4) is 0 Å². The SMILES string of the molecule is CCc1sc(NC(=O)CC#N)nc1-c1ccc(Cc2ccccc2)cc1. The molecule has 0 atom stereocenters. The van der Waals surface area contributed by atoms with Crippen molar-refractivity contribution in [2.24, 2.45) is 0 Å². The van der Waals surface area contributed by atoms with Crippen LogP contribution in [0, 0.1) is 11.3 Å². The molecule has 0 saturated heterocycles. The summed E-state index contributed by atoms with van der Waals surface area (Å²) < 4.78 is 0. The van der Waals surface area contributed by atoms with Crippen molar-refractivity contribution in [1.29, 1.82) is 5.26 Å². The van der Waals surface area contributed by atoms with Crippen LogP contribution in [0.15, 0.2) is 54.6 Å². The van der Waals surface area contributed by atoms with Crippen LogP contribution >= 0.6 is 11.3 Å². The number of hydrogen-bond donors (Lipinski definition) is 1. The lowest BCUT2D eigenvalue weighted by Gasteiger charge is -2.04. The average Bonchev–Trinajstić information content (AvgIpc) is 3.06. The highest BCUT2D eigenvalue weighted by Crippen LogP contribution is 2.32. The fraction of sp³-hybridized carbons (Fsp3) is 0.190. The molecule has 1 heterocycles. The van der Waals surface area contributed by atoms with E-state index in [4.69, 9.17) is 5.26 Å². The van der Waals surface area contributed by atoms with Gasteiger partial charge in [-0.2, -0.15) is 5.26 Å². The Morgan fingerprint density at radius 1 is 1.12 bits per heavy atom. The first-order valence-electron chi connectivity index (χ1n) is 8.49. The zero-order valence-corrected chi connectivity index (χ0v) is 15.3. The maximum absolute atomic E-state index is 11.6. The number of nitrogens with one attached hydrogen (secondary N) is 1. The molecule has 3 rings (SSSR count). The highest BCUT2D eigenvalue weighted by molar-refractivity contribution is 7.16. The van der Waals surface area contributed by atoms with Gasteiger partial charge in [-0.25, -0.2) is 4.98 Å². The van der Waals surface area contributed by atoms with E-state index in [2.05, 4.69) is 65.8 Å². The Morgan fingerprint density at radius 3 is 2.46 bits per heavy atom. The monoisotopic (exact) mass is 361 g/mol. The van der Waals surface area contributed by atoms with Crippen LogP contribution in [-0.2, 0) is 17.6 Å². The lowest BCUT2D eigenvalue weighted by molar-refractivity contribution is -0.115. The third kappa shape index (κ3) is 4.35. The number of nitrogens with zero attached hydrogens (tertiary/aromatic N) is 2. The average molecular weight is 361 g/mol. The van der Waals surface area contributed by atoms with Gasteiger partial charge in [0.25, 0.3) is 0 Å². The molecule has 0 aliphatic rings. The molecule has 1 N–H and O–H groups in total. The van der Waals surface area contributed by atoms with Crippen LogP contribution in [0.4, 0.5) is 5.13 Å². The van der Waals surface area contributed by atoms with E-state index in [0.29, 0.717) is 5.13 Å². The molecule has 26 heavy (non-hydrogen) atoms. The predicted molar refractivity (Wildman–Crippen MR) is 105 cm³/mol. The van der Waals surface area contributed by atoms with Crippen LogP contribution in [0.2, 0.25) is 0 Å². The fourth-order valence-corrected chi connectivity index (χ4v) is 3.66. The summed E-state index contributed by atoms with van der Waals surface area (Å²) in [6.45, 7) is 2.07. The van der Waals surface area contributed by atoms with Gasteiger partial charge in [-0.3, -0.25) is 4.79 Å². The van der Waals surface area contributed by atoms with Crippen LogP contribution in [-0.4, -0.2) is 10.9 Å². The number of carbonyl (C=O) groups excluding carboxylic acids is 1. The number of aromatic nitrogens is 1. The number of aryl methyl sites for hydroxylation is 1. The Balaban J connectivity index is 1.79. The van der Waals surface area contributed by atoms with E-state index in [1.807, 2.05) is 12.1 Å². The standard InChI is InChI=1S/C21H19N3OS/c1-2-18-20(24-21(26-18)23-19(25)12-13-22)17-10-8-16(9-11-17)14-15-6-4-3-5-7-15/h3-11H,2,12,14H2,1H3,(H,23,24,25). The molecule has 0 aliphatic carbocycles. The third-order valence-electron chi connectivity index (χ3n) is 3.98. The number of nitriles is 1. The summed E-state index contributed by atoms with van der Waals surface area (Å²) in [4.78, 5) is 17.3. The van der Waals surface area contributed by atoms with Crippen molar-refractivity contribution in [1.82, 2.24) is 4.98 Å². The Morgan fingerprint density at radius 2 is 1.81 bits per heavy atom. The van der Waals surface area contributed by atoms with E-state index in [-0.39, 0.29) is 12.3 Å². The van der Waals surface area contributed by atoms with E-state index in [1.165, 1.54) is 22.5 Å². The molecule has 0 radical (unpaired) electrons. The van der Waals surface area contributed by atoms with Gasteiger partial charge in [-0.15, -0.1) is 11.3 Å². The largest absolute Gasteiger partial charge is 0.301 e. The Labute approximate surface area is 157 Å². The number of anilines is 1. The first-order chi connectivity index (χ1) is 12.7. The second kappa shape index (κ2) is 8.41. The summed E-state index contributed by atoms with van der Waals surface area (Å²) in [5, 5.41) is 11.8. The van der Waals surface area contributed by atoms with Gasteiger partial charge in [0.1, 0.15) is 6.42 Å². The molecule has 130 valence electrons. The zero-order valence-electron chi connectivity index (χ0n) is 14.5. The molecule has 0 unspecified atom stereocenters. The molecule has 0 fully saturated rings. The predicted octanol–water partition coefficient (Wildman–Crippen LogP) is 4.82. The minimum absolute atomic E-state index is 0.162. The van der Waals surface area contributed by atoms with Gasteiger partial charge in [-0.1, -0.05) is 61.5 Å². The molecule has 1 aromatic heterocycles. The molecule has 5 heteroatoms. The van der Waals surface area contributed by atoms with Gasteiger partial charge in [0.2, 0.25) is 5.91 Å². The smallest absolute Gasteiger partial charge is 0.240 e. The molecule has 2 aromatic carbocycles. The lowest BCUT2D eigenvalue weighted by Crippen LogP contribution is -2.09. The third-order valence-corrected chi connectivity index (χ3v) is 5.10. The van der Waals surface area contributed by atoms with Crippen LogP contribution in [0.5, 0.6) is 0 Å². The molecule has 4 nitrogen and oxygen atoms in total. The van der Waals surface area contributed by atoms with E-state index in [0.717, 1.165) is 29.0 Å². The Bertz CT molecular complexity index is 924. The zero-order chi connectivity index (χ0) is 18.4. The van der Waals surface area contributed by atoms with Crippen molar-refractivity contribution >= 4 is 22.4 Å². The molecule has 3 aromatic rings. The second-order valence-corrected chi connectivity index (χ2v) is 6.97. The van der Waals surface area contributed by atoms with Crippen molar-refractivity contribution in [2.45, 2.75) is 26.2 Å². The van der Waals surface area contributed by atoms with Gasteiger partial charge in [0.05, 0.1) is 11.8 Å². The highest BCUT2D eigenvalue weighted by atomic mass is 32.1. The van der Waals surface area contributed by atoms with E-state index >= 15 is 0 Å². The number of hydrogen-bond acceptors (Lipinski definition) is 4. The van der Waals surface area contributed by atoms with Gasteiger partial charge in [0, 0.05) is 10.4 Å². The number of benzene rings is 2. The molecule has 0 spiro atoms. The molecule has 1 amide bonds. The summed E-state index contributed by atoms with van der Waals surface area (Å²) in [7, 11) is 0. The van der Waals surface area contributed by atoms with Crippen molar-refractivity contribution in [3.05, 3.63) is 70.6 Å². The number of rotatable bonds is 6. The van der Waals surface area contributed by atoms with Gasteiger partial charge in [0.15, 0.2) is 5.13 Å². The second-order valence-electron chi connectivity index (χ2n) is 5.89. The Hall–Kier alpha value is -2.97. The quantitative estimate of drug-likeness (QED) is 0.685. The van der Waals surface area contributed by atoms with Gasteiger partial charge < -0.3 is 5.32 Å². The van der Waals surface area contributed by atoms with Crippen LogP contribution in [0.1, 0.15) is 29.3 Å². The summed E-state index contributed by atoms with van der Waals surface area (Å²) in [6, 6.07) is 20.6. The minimum Gasteiger partial charge on any atom is -0.301 e. The number of thiazole rings is 1. The van der Waals surface area contributed by atoms with E-state index < -0.39 is 0 Å². The number of amides is 1. The molecular weight excluding hydrogens is 342 g/mol. The molecule has 0 saturated carbocycles. The maximum atomic E-state index is 11.6. The summed E-state index contributed by atoms with van der Waals surface area (Å²) in [6.07, 6.45) is 1.58. The minimum atomic E-state index is -0.325. The van der Waals surface area contributed by atoms with Crippen LogP contribution < -0.4 is 5.32 Å². The van der Waals surface area contributed by atoms with Crippen molar-refractivity contribution < 1.29 is 4.79 Å². The van der Waals surface area contributed by atoms with Crippen molar-refractivity contribution in [2.75, 3.05) is 5.32 Å². The van der Waals surface area contributed by atoms with E-state index in [1.54, 1.807) is 0 Å². The summed E-state index contributed by atoms with van der Waals surface area (Å²) in [5.41, 5.74) is 4.47. The first-order valence-corrected chi connectivity index (χ1v) is 9.31. The topological polar surface area (TPSA) is 65.8 Å². The molecule has 0 bridgehead atoms. The first kappa shape index (κ1) is 17.8. The normalized spacial score (nSPS) is 10.3. The maximum Gasteiger partial charge on any atom is 0.240 e. The summed E-state index contributed by atoms with van der Waals surface area (Å²) >= 11 is 1.46. The fourth-order valence-electron chi connectivity index (χ4n) is 2.72. The van der Waals surface area contributed by atoms with Gasteiger partial charge >= 0.3 is 0 Å². The van der Waals surface area contributed by atoms with Gasteiger partial charge in [-0.05, 0) is 24.0 Å². The van der Waals surface area contributed by atoms with E-state index in [9.17, 15) is 4.79 Å². The number of carbonyl (C=O) groups is 1. The molecule has 0 aliphatic heterocycles. The Kier molecular flexibility index (Phi) is 5.77. The van der Waals surface area contributed by atoms with Crippen molar-refractivity contribution in [3.63, 3.8) is 0 Å². The summed E-state index contributed by atoms with van der Waals surface area (Å²) in [5.74, 6) is -0.325. The van der Waals surface area contributed by atoms with Crippen LogP contribution in [0.25, 0.3) is 11.3 Å². The molecular formula is C21H19N3OS. The lowest BCUT2D eigenvalue weighted by atomic mass is 10.0. The van der Waals surface area contributed by atoms with Crippen molar-refractivity contribution in [3.8, 4) is 17.3 Å². The highest BCUT2D eigenvalue weighted by Gasteiger charge is 2.13.